The molecule has 3 rings (SSSR count). The molecule has 0 aliphatic heterocycles. The Hall–Kier alpha value is -3.46. The number of halogens is 3. The lowest BCUT2D eigenvalue weighted by Gasteiger charge is -2.18. The van der Waals surface area contributed by atoms with Crippen LogP contribution in [-0.4, -0.2) is 41.6 Å². The van der Waals surface area contributed by atoms with Crippen molar-refractivity contribution in [3.63, 3.8) is 0 Å². The Morgan fingerprint density at radius 2 is 1.91 bits per heavy atom. The van der Waals surface area contributed by atoms with E-state index in [1.165, 1.54) is 24.3 Å². The first-order valence-electron chi connectivity index (χ1n) is 9.84. The summed E-state index contributed by atoms with van der Waals surface area (Å²) in [6.07, 6.45) is -1.25. The van der Waals surface area contributed by atoms with Crippen molar-refractivity contribution in [2.45, 2.75) is 25.6 Å². The molecule has 0 saturated heterocycles. The molecule has 0 bridgehead atoms. The largest absolute Gasteiger partial charge is 0.435 e. The van der Waals surface area contributed by atoms with Gasteiger partial charge < -0.3 is 14.6 Å². The molecular weight excluding hydrogens is 421 g/mol. The predicted octanol–water partition coefficient (Wildman–Crippen LogP) is 5.21. The Bertz CT molecular complexity index is 1150. The van der Waals surface area contributed by atoms with Gasteiger partial charge in [-0.05, 0) is 63.0 Å². The lowest BCUT2D eigenvalue weighted by Crippen LogP contribution is -2.27. The van der Waals surface area contributed by atoms with Gasteiger partial charge in [-0.2, -0.15) is 13.2 Å². The fourth-order valence-electron chi connectivity index (χ4n) is 2.84. The molecule has 0 saturated carbocycles. The Morgan fingerprint density at radius 3 is 2.53 bits per heavy atom. The van der Waals surface area contributed by atoms with Gasteiger partial charge in [0.25, 0.3) is 0 Å². The Balaban J connectivity index is 1.66. The van der Waals surface area contributed by atoms with Gasteiger partial charge in [-0.3, -0.25) is 10.2 Å². The molecule has 1 amide bonds. The minimum absolute atomic E-state index is 0.156. The predicted molar refractivity (Wildman–Crippen MR) is 118 cm³/mol. The van der Waals surface area contributed by atoms with Crippen LogP contribution in [0.15, 0.2) is 53.0 Å². The zero-order valence-electron chi connectivity index (χ0n) is 17.8. The number of aromatic nitrogens is 1. The highest BCUT2D eigenvalue weighted by molar-refractivity contribution is 6.03. The van der Waals surface area contributed by atoms with Gasteiger partial charge in [0.1, 0.15) is 5.52 Å². The SMILES string of the molecule is CC(CC(=N)c1nc2cc(NC(=O)C=Cc3ccc(C(F)(F)F)cc3)ccc2o1)N(C)C. The zero-order valence-corrected chi connectivity index (χ0v) is 17.8. The van der Waals surface area contributed by atoms with E-state index in [1.807, 2.05) is 25.9 Å². The van der Waals surface area contributed by atoms with Crippen molar-refractivity contribution in [2.24, 2.45) is 0 Å². The second kappa shape index (κ2) is 9.35. The number of nitrogens with one attached hydrogen (secondary N) is 2. The van der Waals surface area contributed by atoms with E-state index in [0.29, 0.717) is 28.8 Å². The van der Waals surface area contributed by atoms with Crippen LogP contribution in [0.2, 0.25) is 0 Å². The second-order valence-electron chi connectivity index (χ2n) is 7.64. The van der Waals surface area contributed by atoms with Crippen molar-refractivity contribution in [1.29, 1.82) is 5.41 Å². The summed E-state index contributed by atoms with van der Waals surface area (Å²) in [5.74, 6) is -0.208. The molecule has 2 N–H and O–H groups in total. The molecule has 0 fully saturated rings. The fourth-order valence-corrected chi connectivity index (χ4v) is 2.84. The number of oxazole rings is 1. The number of amides is 1. The molecular formula is C23H23F3N4O2. The molecule has 1 aromatic heterocycles. The van der Waals surface area contributed by atoms with Gasteiger partial charge in [0, 0.05) is 24.2 Å². The lowest BCUT2D eigenvalue weighted by atomic mass is 10.1. The molecule has 1 atom stereocenters. The molecule has 3 aromatic rings. The molecule has 168 valence electrons. The average molecular weight is 444 g/mol. The summed E-state index contributed by atoms with van der Waals surface area (Å²) in [5, 5.41) is 10.9. The van der Waals surface area contributed by atoms with E-state index in [0.717, 1.165) is 12.1 Å². The van der Waals surface area contributed by atoms with Gasteiger partial charge in [0.15, 0.2) is 5.58 Å². The molecule has 1 unspecified atom stereocenters. The zero-order chi connectivity index (χ0) is 23.5. The van der Waals surface area contributed by atoms with Crippen molar-refractivity contribution in [2.75, 3.05) is 19.4 Å². The second-order valence-corrected chi connectivity index (χ2v) is 7.64. The van der Waals surface area contributed by atoms with Gasteiger partial charge >= 0.3 is 6.18 Å². The number of carbonyl (C=O) groups is 1. The van der Waals surface area contributed by atoms with Crippen LogP contribution >= 0.6 is 0 Å². The van der Waals surface area contributed by atoms with E-state index in [2.05, 4.69) is 10.3 Å². The normalized spacial score (nSPS) is 13.1. The molecule has 6 nitrogen and oxygen atoms in total. The summed E-state index contributed by atoms with van der Waals surface area (Å²) in [5.41, 5.74) is 1.49. The first-order chi connectivity index (χ1) is 15.0. The van der Waals surface area contributed by atoms with Crippen molar-refractivity contribution in [1.82, 2.24) is 9.88 Å². The third-order valence-corrected chi connectivity index (χ3v) is 4.96. The molecule has 0 aliphatic rings. The number of hydrogen-bond donors (Lipinski definition) is 2. The number of alkyl halides is 3. The molecule has 32 heavy (non-hydrogen) atoms. The Kier molecular flexibility index (Phi) is 6.78. The summed E-state index contributed by atoms with van der Waals surface area (Å²) in [4.78, 5) is 18.5. The van der Waals surface area contributed by atoms with Crippen LogP contribution in [0.3, 0.4) is 0 Å². The van der Waals surface area contributed by atoms with E-state index in [1.54, 1.807) is 18.2 Å². The van der Waals surface area contributed by atoms with E-state index in [-0.39, 0.29) is 17.6 Å². The maximum Gasteiger partial charge on any atom is 0.416 e. The maximum atomic E-state index is 12.6. The standard InChI is InChI=1S/C23H23F3N4O2/c1-14(30(2)3)12-18(27)22-29-19-13-17(9-10-20(19)32-22)28-21(31)11-6-15-4-7-16(8-5-15)23(24,25)26/h4-11,13-14,27H,12H2,1-3H3,(H,28,31). The van der Waals surface area contributed by atoms with Crippen LogP contribution in [-0.2, 0) is 11.0 Å². The number of carbonyl (C=O) groups excluding carboxylic acids is 1. The van der Waals surface area contributed by atoms with Gasteiger partial charge in [-0.25, -0.2) is 4.98 Å². The molecule has 0 spiro atoms. The third-order valence-electron chi connectivity index (χ3n) is 4.96. The summed E-state index contributed by atoms with van der Waals surface area (Å²) in [7, 11) is 3.87. The number of benzene rings is 2. The first kappa shape index (κ1) is 23.2. The molecule has 1 heterocycles. The highest BCUT2D eigenvalue weighted by atomic mass is 19.4. The Morgan fingerprint density at radius 1 is 1.22 bits per heavy atom. The minimum atomic E-state index is -4.40. The van der Waals surface area contributed by atoms with E-state index in [9.17, 15) is 18.0 Å². The summed E-state index contributed by atoms with van der Waals surface area (Å²) in [6.45, 7) is 2.00. The van der Waals surface area contributed by atoms with Gasteiger partial charge in [0.2, 0.25) is 11.8 Å². The monoisotopic (exact) mass is 444 g/mol. The molecule has 0 aliphatic carbocycles. The van der Waals surface area contributed by atoms with Gasteiger partial charge in [-0.1, -0.05) is 12.1 Å². The molecule has 9 heteroatoms. The maximum absolute atomic E-state index is 12.6. The smallest absolute Gasteiger partial charge is 0.416 e. The first-order valence-corrected chi connectivity index (χ1v) is 9.84. The van der Waals surface area contributed by atoms with Gasteiger partial charge in [-0.15, -0.1) is 0 Å². The van der Waals surface area contributed by atoms with Crippen LogP contribution in [0.4, 0.5) is 18.9 Å². The van der Waals surface area contributed by atoms with E-state index >= 15 is 0 Å². The van der Waals surface area contributed by atoms with Crippen LogP contribution in [0, 0.1) is 5.41 Å². The van der Waals surface area contributed by atoms with Crippen molar-refractivity contribution in [3.8, 4) is 0 Å². The number of fused-ring (bicyclic) bond motifs is 1. The summed E-state index contributed by atoms with van der Waals surface area (Å²) >= 11 is 0. The van der Waals surface area contributed by atoms with E-state index in [4.69, 9.17) is 9.83 Å². The topological polar surface area (TPSA) is 82.2 Å². The molecule has 0 radical (unpaired) electrons. The van der Waals surface area contributed by atoms with E-state index < -0.39 is 17.6 Å². The van der Waals surface area contributed by atoms with Crippen LogP contribution in [0.25, 0.3) is 17.2 Å². The van der Waals surface area contributed by atoms with Gasteiger partial charge in [0.05, 0.1) is 11.3 Å². The number of rotatable bonds is 7. The highest BCUT2D eigenvalue weighted by Gasteiger charge is 2.29. The van der Waals surface area contributed by atoms with Crippen molar-refractivity contribution >= 4 is 34.5 Å². The number of anilines is 1. The average Bonchev–Trinajstić information content (AvgIpc) is 3.15. The quantitative estimate of drug-likeness (QED) is 0.387. The Labute approximate surface area is 183 Å². The molecule has 2 aromatic carbocycles. The van der Waals surface area contributed by atoms with Crippen LogP contribution < -0.4 is 5.32 Å². The van der Waals surface area contributed by atoms with Crippen molar-refractivity contribution in [3.05, 3.63) is 65.6 Å². The summed E-state index contributed by atoms with van der Waals surface area (Å²) < 4.78 is 43.5. The van der Waals surface area contributed by atoms with Crippen LogP contribution in [0.5, 0.6) is 0 Å². The highest BCUT2D eigenvalue weighted by Crippen LogP contribution is 2.29. The summed E-state index contributed by atoms with van der Waals surface area (Å²) in [6, 6.07) is 9.60. The number of hydrogen-bond acceptors (Lipinski definition) is 5. The lowest BCUT2D eigenvalue weighted by molar-refractivity contribution is -0.137. The fraction of sp³-hybridized carbons (Fsp3) is 0.261. The minimum Gasteiger partial charge on any atom is -0.435 e. The van der Waals surface area contributed by atoms with Crippen molar-refractivity contribution < 1.29 is 22.4 Å². The number of nitrogens with zero attached hydrogens (tertiary/aromatic N) is 2. The third kappa shape index (κ3) is 5.82. The van der Waals surface area contributed by atoms with Crippen LogP contribution in [0.1, 0.15) is 30.4 Å².